The van der Waals surface area contributed by atoms with Crippen molar-refractivity contribution in [3.8, 4) is 0 Å². The first-order valence-electron chi connectivity index (χ1n) is 16.9. The molecule has 6 aromatic rings. The molecular weight excluding hydrogens is 673 g/mol. The first-order valence-corrected chi connectivity index (χ1v) is 18.6. The molecule has 0 spiro atoms. The van der Waals surface area contributed by atoms with Crippen molar-refractivity contribution < 1.29 is 0 Å². The number of nitrogens with one attached hydrogen (secondary N) is 1. The number of fused-ring (bicyclic) bond motifs is 6. The summed E-state index contributed by atoms with van der Waals surface area (Å²) in [5, 5.41) is 0. The maximum atomic E-state index is 5.42. The Hall–Kier alpha value is -5.80. The van der Waals surface area contributed by atoms with Crippen molar-refractivity contribution in [2.24, 2.45) is 9.98 Å². The molecule has 4 aromatic carbocycles. The van der Waals surface area contributed by atoms with Crippen molar-refractivity contribution in [1.29, 1.82) is 0 Å². The SMILES string of the molecule is Cc1ccc(C2=C3C=CC(=N3)C(c3ccccc3)=c3ccc([se]3)=C(c3ccccc3)c3c[nH]c(c3)C(c3ccc(C)cc3)=C3C=CC2=N3)cc1. The maximum absolute atomic E-state index is 5.42. The van der Waals surface area contributed by atoms with E-state index in [1.165, 1.54) is 47.1 Å². The van der Waals surface area contributed by atoms with Gasteiger partial charge in [0.2, 0.25) is 0 Å². The molecule has 0 fully saturated rings. The van der Waals surface area contributed by atoms with Gasteiger partial charge in [-0.3, -0.25) is 0 Å². The van der Waals surface area contributed by atoms with Crippen molar-refractivity contribution in [2.75, 3.05) is 0 Å². The number of aryl methyl sites for hydroxylation is 2. The van der Waals surface area contributed by atoms with Gasteiger partial charge in [-0.1, -0.05) is 0 Å². The standard InChI is InChI=1S/C46H33N3Se/c1-29-13-17-33(18-14-29)44-36-21-22-38(48-36)45(34-19-15-30(2)16-20-34)40-27-35(28-47-40)43(31-9-5-3-6-10-31)41-25-26-42(50-41)46(32-11-7-4-8-12-32)39-24-23-37(44)49-39/h3-28,47H,1-2H3. The molecule has 3 nitrogen and oxygen atoms in total. The van der Waals surface area contributed by atoms with Gasteiger partial charge in [0.15, 0.2) is 0 Å². The van der Waals surface area contributed by atoms with Crippen molar-refractivity contribution in [3.05, 3.63) is 222 Å². The molecule has 1 N–H and O–H groups in total. The molecule has 3 aliphatic rings. The number of aromatic nitrogens is 1. The van der Waals surface area contributed by atoms with E-state index < -0.39 is 0 Å². The van der Waals surface area contributed by atoms with Gasteiger partial charge in [-0.2, -0.15) is 0 Å². The third kappa shape index (κ3) is 5.49. The van der Waals surface area contributed by atoms with Gasteiger partial charge < -0.3 is 0 Å². The van der Waals surface area contributed by atoms with E-state index in [4.69, 9.17) is 9.98 Å². The first kappa shape index (κ1) is 30.3. The number of nitrogens with zero attached hydrogens (tertiary/aromatic N) is 2. The summed E-state index contributed by atoms with van der Waals surface area (Å²) >= 11 is 0.0381. The van der Waals surface area contributed by atoms with E-state index in [-0.39, 0.29) is 14.5 Å². The second-order valence-corrected chi connectivity index (χ2v) is 15.1. The third-order valence-electron chi connectivity index (χ3n) is 9.45. The van der Waals surface area contributed by atoms with E-state index in [9.17, 15) is 0 Å². The summed E-state index contributed by atoms with van der Waals surface area (Å²) in [7, 11) is 0. The average Bonchev–Trinajstić information content (AvgIpc) is 3.98. The van der Waals surface area contributed by atoms with Gasteiger partial charge in [0.05, 0.1) is 0 Å². The Bertz CT molecular complexity index is 2600. The molecular formula is C46H33N3Se. The van der Waals surface area contributed by atoms with E-state index in [1.54, 1.807) is 0 Å². The Balaban J connectivity index is 1.41. The van der Waals surface area contributed by atoms with Crippen molar-refractivity contribution in [3.63, 3.8) is 0 Å². The molecule has 0 unspecified atom stereocenters. The van der Waals surface area contributed by atoms with E-state index in [1.807, 2.05) is 0 Å². The van der Waals surface area contributed by atoms with Crippen LogP contribution >= 0.6 is 0 Å². The minimum absolute atomic E-state index is 0.0381. The van der Waals surface area contributed by atoms with Crippen molar-refractivity contribution >= 4 is 48.2 Å². The molecule has 4 heteroatoms. The molecule has 2 aromatic heterocycles. The number of rotatable bonds is 4. The van der Waals surface area contributed by atoms with Gasteiger partial charge in [-0.15, -0.1) is 0 Å². The number of allylic oxidation sites excluding steroid dienone is 5. The van der Waals surface area contributed by atoms with Crippen LogP contribution in [0.25, 0.3) is 22.3 Å². The summed E-state index contributed by atoms with van der Waals surface area (Å²) in [6, 6.07) is 45.9. The van der Waals surface area contributed by atoms with E-state index >= 15 is 0 Å². The fourth-order valence-electron chi connectivity index (χ4n) is 6.96. The number of aliphatic imine (C=N–C) groups is 2. The van der Waals surface area contributed by atoms with Crippen LogP contribution in [0.15, 0.2) is 179 Å². The van der Waals surface area contributed by atoms with Gasteiger partial charge in [-0.25, -0.2) is 0 Å². The Morgan fingerprint density at radius 2 is 0.920 bits per heavy atom. The summed E-state index contributed by atoms with van der Waals surface area (Å²) in [4.78, 5) is 14.5. The minimum atomic E-state index is 0.0381. The van der Waals surface area contributed by atoms with Gasteiger partial charge in [0, 0.05) is 0 Å². The van der Waals surface area contributed by atoms with Crippen LogP contribution in [0, 0.1) is 13.8 Å². The number of hydrogen-bond donors (Lipinski definition) is 1. The molecule has 5 heterocycles. The van der Waals surface area contributed by atoms with E-state index in [0.29, 0.717) is 0 Å². The van der Waals surface area contributed by atoms with E-state index in [2.05, 4.69) is 177 Å². The monoisotopic (exact) mass is 707 g/mol. The zero-order valence-corrected chi connectivity index (χ0v) is 29.5. The molecule has 0 radical (unpaired) electrons. The van der Waals surface area contributed by atoms with E-state index in [0.717, 1.165) is 50.8 Å². The van der Waals surface area contributed by atoms with Gasteiger partial charge in [0.1, 0.15) is 0 Å². The van der Waals surface area contributed by atoms with Crippen molar-refractivity contribution in [1.82, 2.24) is 4.98 Å². The van der Waals surface area contributed by atoms with Gasteiger partial charge >= 0.3 is 299 Å². The van der Waals surface area contributed by atoms with Crippen LogP contribution in [0.5, 0.6) is 0 Å². The fourth-order valence-corrected chi connectivity index (χ4v) is 9.41. The number of benzene rings is 4. The quantitative estimate of drug-likeness (QED) is 0.179. The second kappa shape index (κ2) is 12.6. The number of hydrogen-bond acceptors (Lipinski definition) is 2. The van der Waals surface area contributed by atoms with Crippen LogP contribution < -0.4 is 8.19 Å². The van der Waals surface area contributed by atoms with Crippen LogP contribution in [0.2, 0.25) is 0 Å². The predicted molar refractivity (Wildman–Crippen MR) is 209 cm³/mol. The summed E-state index contributed by atoms with van der Waals surface area (Å²) in [5.41, 5.74) is 17.5. The Labute approximate surface area is 297 Å². The Morgan fingerprint density at radius 3 is 1.52 bits per heavy atom. The topological polar surface area (TPSA) is 40.5 Å². The normalized spacial score (nSPS) is 15.2. The molecule has 0 amide bonds. The van der Waals surface area contributed by atoms with Crippen LogP contribution in [-0.2, 0) is 0 Å². The molecule has 3 aliphatic heterocycles. The zero-order valence-electron chi connectivity index (χ0n) is 27.8. The summed E-state index contributed by atoms with van der Waals surface area (Å²) < 4.78 is 2.66. The fraction of sp³-hybridized carbons (Fsp3) is 0.0435. The molecule has 238 valence electrons. The zero-order chi connectivity index (χ0) is 33.6. The number of aromatic amines is 1. The predicted octanol–water partition coefficient (Wildman–Crippen LogP) is 8.34. The summed E-state index contributed by atoms with van der Waals surface area (Å²) in [6.45, 7) is 4.25. The van der Waals surface area contributed by atoms with Crippen LogP contribution in [0.4, 0.5) is 0 Å². The van der Waals surface area contributed by atoms with Gasteiger partial charge in [-0.05, 0) is 0 Å². The Morgan fingerprint density at radius 1 is 0.440 bits per heavy atom. The Kier molecular flexibility index (Phi) is 7.62. The van der Waals surface area contributed by atoms with Gasteiger partial charge in [0.25, 0.3) is 0 Å². The summed E-state index contributed by atoms with van der Waals surface area (Å²) in [6.07, 6.45) is 10.8. The van der Waals surface area contributed by atoms with Crippen molar-refractivity contribution in [2.45, 2.75) is 13.8 Å². The number of H-pyrrole nitrogens is 1. The molecule has 0 saturated carbocycles. The molecule has 8 bridgehead atoms. The van der Waals surface area contributed by atoms with Crippen LogP contribution in [0.1, 0.15) is 44.6 Å². The first-order chi connectivity index (χ1) is 24.6. The average molecular weight is 707 g/mol. The molecule has 0 atom stereocenters. The van der Waals surface area contributed by atoms with Crippen LogP contribution in [-0.4, -0.2) is 30.9 Å². The summed E-state index contributed by atoms with van der Waals surface area (Å²) in [5.74, 6) is 0. The molecule has 0 aliphatic carbocycles. The molecule has 9 rings (SSSR count). The second-order valence-electron chi connectivity index (χ2n) is 12.9. The van der Waals surface area contributed by atoms with Crippen LogP contribution in [0.3, 0.4) is 0 Å². The third-order valence-corrected chi connectivity index (χ3v) is 11.8. The molecule has 50 heavy (non-hydrogen) atoms. The molecule has 0 saturated heterocycles.